The Bertz CT molecular complexity index is 804. The van der Waals surface area contributed by atoms with Gasteiger partial charge in [-0.25, -0.2) is 0 Å². The summed E-state index contributed by atoms with van der Waals surface area (Å²) in [6, 6.07) is 7.36. The molecule has 182 valence electrons. The second kappa shape index (κ2) is 13.1. The summed E-state index contributed by atoms with van der Waals surface area (Å²) in [7, 11) is 0. The van der Waals surface area contributed by atoms with Gasteiger partial charge in [0.1, 0.15) is 6.61 Å². The molecule has 1 aromatic carbocycles. The fraction of sp³-hybridized carbons (Fsp3) is 0.667. The van der Waals surface area contributed by atoms with E-state index in [-0.39, 0.29) is 24.3 Å². The van der Waals surface area contributed by atoms with Gasteiger partial charge in [0.2, 0.25) is 0 Å². The van der Waals surface area contributed by atoms with Gasteiger partial charge in [0.05, 0.1) is 5.92 Å². The first-order valence-electron chi connectivity index (χ1n) is 13.5. The van der Waals surface area contributed by atoms with Crippen LogP contribution in [0.15, 0.2) is 35.4 Å². The number of benzene rings is 1. The molecule has 0 saturated heterocycles. The molecule has 0 aliphatic heterocycles. The zero-order valence-corrected chi connectivity index (χ0v) is 21.2. The molecule has 0 heterocycles. The number of esters is 1. The van der Waals surface area contributed by atoms with E-state index in [4.69, 9.17) is 4.74 Å². The highest BCUT2D eigenvalue weighted by molar-refractivity contribution is 5.94. The van der Waals surface area contributed by atoms with E-state index in [1.807, 2.05) is 12.1 Å². The quantitative estimate of drug-likeness (QED) is 0.124. The Hall–Kier alpha value is -1.90. The summed E-state index contributed by atoms with van der Waals surface area (Å²) in [6.45, 7) is 6.21. The van der Waals surface area contributed by atoms with Crippen LogP contribution in [0.3, 0.4) is 0 Å². The SMILES string of the molecule is CCCCCCCC(CCC(CC)C(=O)OCc1ccc(C(C)=O)cc1)=C1CC2CCC1C2. The molecule has 2 bridgehead atoms. The number of carbonyl (C=O) groups excluding carboxylic acids is 2. The minimum absolute atomic E-state index is 0.0317. The van der Waals surface area contributed by atoms with Crippen molar-refractivity contribution in [3.05, 3.63) is 46.5 Å². The minimum Gasteiger partial charge on any atom is -0.461 e. The van der Waals surface area contributed by atoms with E-state index < -0.39 is 0 Å². The first-order valence-corrected chi connectivity index (χ1v) is 13.5. The highest BCUT2D eigenvalue weighted by atomic mass is 16.5. The van der Waals surface area contributed by atoms with Crippen molar-refractivity contribution in [3.63, 3.8) is 0 Å². The number of fused-ring (bicyclic) bond motifs is 2. The maximum absolute atomic E-state index is 12.8. The van der Waals surface area contributed by atoms with Gasteiger partial charge in [-0.15, -0.1) is 0 Å². The summed E-state index contributed by atoms with van der Waals surface area (Å²) >= 11 is 0. The number of ketones is 1. The fourth-order valence-corrected chi connectivity index (χ4v) is 5.82. The van der Waals surface area contributed by atoms with Crippen LogP contribution in [0, 0.1) is 17.8 Å². The summed E-state index contributed by atoms with van der Waals surface area (Å²) in [6.07, 6.45) is 16.2. The van der Waals surface area contributed by atoms with Crippen molar-refractivity contribution in [2.75, 3.05) is 0 Å². The molecule has 0 N–H and O–H groups in total. The molecule has 3 nitrogen and oxygen atoms in total. The molecular formula is C30H44O3. The number of hydrogen-bond donors (Lipinski definition) is 0. The number of hydrogen-bond acceptors (Lipinski definition) is 3. The van der Waals surface area contributed by atoms with Crippen LogP contribution >= 0.6 is 0 Å². The van der Waals surface area contributed by atoms with Crippen LogP contribution < -0.4 is 0 Å². The second-order valence-electron chi connectivity index (χ2n) is 10.4. The van der Waals surface area contributed by atoms with Crippen LogP contribution in [0.5, 0.6) is 0 Å². The third-order valence-electron chi connectivity index (χ3n) is 7.94. The smallest absolute Gasteiger partial charge is 0.309 e. The second-order valence-corrected chi connectivity index (χ2v) is 10.4. The molecule has 2 saturated carbocycles. The summed E-state index contributed by atoms with van der Waals surface area (Å²) in [5.41, 5.74) is 5.08. The lowest BCUT2D eigenvalue weighted by molar-refractivity contribution is -0.150. The first-order chi connectivity index (χ1) is 16.0. The molecule has 3 unspecified atom stereocenters. The molecule has 2 aliphatic rings. The fourth-order valence-electron chi connectivity index (χ4n) is 5.82. The van der Waals surface area contributed by atoms with Crippen LogP contribution in [0.4, 0.5) is 0 Å². The van der Waals surface area contributed by atoms with Crippen LogP contribution in [-0.4, -0.2) is 11.8 Å². The zero-order valence-electron chi connectivity index (χ0n) is 21.2. The molecule has 33 heavy (non-hydrogen) atoms. The Balaban J connectivity index is 1.53. The van der Waals surface area contributed by atoms with E-state index in [2.05, 4.69) is 13.8 Å². The Morgan fingerprint density at radius 1 is 1.00 bits per heavy atom. The number of rotatable bonds is 14. The highest BCUT2D eigenvalue weighted by Gasteiger charge is 2.36. The molecule has 0 spiro atoms. The minimum atomic E-state index is -0.0756. The predicted octanol–water partition coefficient (Wildman–Crippen LogP) is 8.22. The van der Waals surface area contributed by atoms with E-state index >= 15 is 0 Å². The maximum Gasteiger partial charge on any atom is 0.309 e. The molecule has 0 aromatic heterocycles. The van der Waals surface area contributed by atoms with Gasteiger partial charge in [0.15, 0.2) is 5.78 Å². The maximum atomic E-state index is 12.8. The lowest BCUT2D eigenvalue weighted by Crippen LogP contribution is -2.17. The monoisotopic (exact) mass is 452 g/mol. The Labute approximate surface area is 201 Å². The average Bonchev–Trinajstić information content (AvgIpc) is 3.45. The topological polar surface area (TPSA) is 43.4 Å². The summed E-state index contributed by atoms with van der Waals surface area (Å²) in [5, 5.41) is 0. The Morgan fingerprint density at radius 2 is 1.76 bits per heavy atom. The molecule has 2 aliphatic carbocycles. The zero-order chi connectivity index (χ0) is 23.6. The van der Waals surface area contributed by atoms with E-state index in [1.54, 1.807) is 30.2 Å². The van der Waals surface area contributed by atoms with Gasteiger partial charge >= 0.3 is 5.97 Å². The molecular weight excluding hydrogens is 408 g/mol. The van der Waals surface area contributed by atoms with Crippen LogP contribution in [0.25, 0.3) is 0 Å². The number of Topliss-reactive ketones (excluding diaryl/α,β-unsaturated/α-hetero) is 1. The molecule has 2 fully saturated rings. The third-order valence-corrected chi connectivity index (χ3v) is 7.94. The number of unbranched alkanes of at least 4 members (excludes halogenated alkanes) is 4. The standard InChI is InChI=1S/C30H44O3/c1-4-6-7-8-9-10-27(29-20-24-13-16-28(29)19-24)18-17-25(5-2)30(32)33-21-23-11-14-26(15-12-23)22(3)31/h11-12,14-15,24-25,28H,4-10,13,16-21H2,1-3H3. The number of allylic oxidation sites excluding steroid dienone is 2. The summed E-state index contributed by atoms with van der Waals surface area (Å²) in [4.78, 5) is 24.3. The summed E-state index contributed by atoms with van der Waals surface area (Å²) in [5.74, 6) is 1.71. The van der Waals surface area contributed by atoms with Crippen molar-refractivity contribution in [2.45, 2.75) is 111 Å². The van der Waals surface area contributed by atoms with Gasteiger partial charge in [-0.05, 0) is 82.1 Å². The Morgan fingerprint density at radius 3 is 2.36 bits per heavy atom. The van der Waals surface area contributed by atoms with E-state index in [0.717, 1.165) is 36.7 Å². The van der Waals surface area contributed by atoms with Crippen molar-refractivity contribution in [2.24, 2.45) is 17.8 Å². The molecule has 0 amide bonds. The van der Waals surface area contributed by atoms with Crippen molar-refractivity contribution < 1.29 is 14.3 Å². The first kappa shape index (κ1) is 25.7. The van der Waals surface area contributed by atoms with Gasteiger partial charge in [-0.1, -0.05) is 74.9 Å². The van der Waals surface area contributed by atoms with Gasteiger partial charge < -0.3 is 4.74 Å². The van der Waals surface area contributed by atoms with Gasteiger partial charge in [-0.2, -0.15) is 0 Å². The van der Waals surface area contributed by atoms with Crippen LogP contribution in [0.2, 0.25) is 0 Å². The van der Waals surface area contributed by atoms with Crippen LogP contribution in [0.1, 0.15) is 120 Å². The molecule has 3 atom stereocenters. The molecule has 3 heteroatoms. The average molecular weight is 453 g/mol. The lowest BCUT2D eigenvalue weighted by atomic mass is 9.85. The third kappa shape index (κ3) is 7.55. The number of carbonyl (C=O) groups is 2. The largest absolute Gasteiger partial charge is 0.461 e. The van der Waals surface area contributed by atoms with Crippen LogP contribution in [-0.2, 0) is 16.1 Å². The predicted molar refractivity (Wildman–Crippen MR) is 135 cm³/mol. The summed E-state index contributed by atoms with van der Waals surface area (Å²) < 4.78 is 5.67. The van der Waals surface area contributed by atoms with E-state index in [1.165, 1.54) is 64.2 Å². The molecule has 0 radical (unpaired) electrons. The Kier molecular flexibility index (Phi) is 10.2. The van der Waals surface area contributed by atoms with Crippen molar-refractivity contribution in [1.29, 1.82) is 0 Å². The lowest BCUT2D eigenvalue weighted by Gasteiger charge is -2.21. The number of ether oxygens (including phenoxy) is 1. The van der Waals surface area contributed by atoms with E-state index in [9.17, 15) is 9.59 Å². The van der Waals surface area contributed by atoms with Gasteiger partial charge in [0, 0.05) is 5.56 Å². The highest BCUT2D eigenvalue weighted by Crippen LogP contribution is 2.50. The molecule has 1 aromatic rings. The van der Waals surface area contributed by atoms with Gasteiger partial charge in [0.25, 0.3) is 0 Å². The van der Waals surface area contributed by atoms with Gasteiger partial charge in [-0.3, -0.25) is 9.59 Å². The van der Waals surface area contributed by atoms with Crippen molar-refractivity contribution in [3.8, 4) is 0 Å². The van der Waals surface area contributed by atoms with Crippen molar-refractivity contribution in [1.82, 2.24) is 0 Å². The normalized spacial score (nSPS) is 21.8. The van der Waals surface area contributed by atoms with E-state index in [0.29, 0.717) is 5.56 Å². The molecule has 3 rings (SSSR count). The van der Waals surface area contributed by atoms with Crippen molar-refractivity contribution >= 4 is 11.8 Å².